The third-order valence-electron chi connectivity index (χ3n) is 7.42. The smallest absolute Gasteiger partial charge is 0.380 e. The van der Waals surface area contributed by atoms with E-state index in [2.05, 4.69) is 0 Å². The van der Waals surface area contributed by atoms with E-state index in [9.17, 15) is 0 Å². The van der Waals surface area contributed by atoms with Gasteiger partial charge >= 0.3 is 17.8 Å². The molecule has 3 nitrogen and oxygen atoms in total. The Morgan fingerprint density at radius 2 is 1.52 bits per heavy atom. The first-order valence-electron chi connectivity index (χ1n) is 12.3. The first-order valence-corrected chi connectivity index (χ1v) is 13.1. The van der Waals surface area contributed by atoms with Gasteiger partial charge in [-0.05, 0) is 43.7 Å². The predicted octanol–water partition coefficient (Wildman–Crippen LogP) is 3.96. The molecule has 5 rings (SSSR count). The topological polar surface area (TPSA) is 30.8 Å². The summed E-state index contributed by atoms with van der Waals surface area (Å²) in [6.07, 6.45) is 0. The average Bonchev–Trinajstić information content (AvgIpc) is 3.41. The van der Waals surface area contributed by atoms with Crippen LogP contribution in [0, 0.1) is 13.8 Å². The quantitative estimate of drug-likeness (QED) is 0.320. The number of alkyl halides is 6. The van der Waals surface area contributed by atoms with Gasteiger partial charge < -0.3 is 27.0 Å². The van der Waals surface area contributed by atoms with Gasteiger partial charge in [0.05, 0.1) is 12.0 Å². The van der Waals surface area contributed by atoms with Crippen LogP contribution in [0.3, 0.4) is 0 Å². The number of hydrogen-bond acceptors (Lipinski definition) is 2. The second-order valence-corrected chi connectivity index (χ2v) is 11.1. The highest BCUT2D eigenvalue weighted by molar-refractivity contribution is 7.12. The first-order chi connectivity index (χ1) is 18.3. The molecule has 0 fully saturated rings. The standard InChI is InChI=1S/C29H26F6N2OS.ClH/c1-16-24(22-12-19(38-4)10-11-23(22)37(16)3)26-25(27(30,31)29(34,35)28(26,32)33)21-13-20(39-17(21)2)15-36-14-18-8-6-5-7-9-18;/h5-13,36H,14-15H2,1-4H3;1H. The van der Waals surface area contributed by atoms with Crippen molar-refractivity contribution in [3.63, 3.8) is 0 Å². The lowest BCUT2D eigenvalue weighted by Gasteiger charge is -2.26. The number of thiophene rings is 1. The van der Waals surface area contributed by atoms with E-state index < -0.39 is 28.9 Å². The number of methoxy groups -OCH3 is 1. The van der Waals surface area contributed by atoms with Crippen molar-refractivity contribution in [3.05, 3.63) is 86.7 Å². The molecule has 2 aromatic carbocycles. The van der Waals surface area contributed by atoms with E-state index in [1.54, 1.807) is 19.2 Å². The van der Waals surface area contributed by atoms with Gasteiger partial charge in [0.25, 0.3) is 0 Å². The van der Waals surface area contributed by atoms with Crippen LogP contribution in [0.5, 0.6) is 5.75 Å². The number of allylic oxidation sites excluding steroid dienone is 2. The molecular formula is C29H27ClF6N2OS. The fourth-order valence-electron chi connectivity index (χ4n) is 5.29. The average molecular weight is 601 g/mol. The Labute approximate surface area is 237 Å². The molecule has 0 amide bonds. The van der Waals surface area contributed by atoms with Gasteiger partial charge in [-0.1, -0.05) is 30.3 Å². The molecule has 2 aromatic heterocycles. The largest absolute Gasteiger partial charge is 1.00 e. The van der Waals surface area contributed by atoms with E-state index in [-0.39, 0.29) is 39.5 Å². The van der Waals surface area contributed by atoms with Gasteiger partial charge in [0.1, 0.15) is 18.8 Å². The molecule has 0 saturated heterocycles. The maximum Gasteiger partial charge on any atom is 0.380 e. The first kappa shape index (κ1) is 30.0. The Bertz CT molecular complexity index is 1590. The third kappa shape index (κ3) is 4.40. The zero-order chi connectivity index (χ0) is 28.3. The third-order valence-corrected chi connectivity index (χ3v) is 8.50. The Kier molecular flexibility index (Phi) is 7.85. The van der Waals surface area contributed by atoms with Gasteiger partial charge in [0.15, 0.2) is 0 Å². The van der Waals surface area contributed by atoms with E-state index >= 15 is 26.3 Å². The number of aromatic nitrogens is 1. The monoisotopic (exact) mass is 600 g/mol. The zero-order valence-corrected chi connectivity index (χ0v) is 23.7. The van der Waals surface area contributed by atoms with Crippen LogP contribution >= 0.6 is 11.3 Å². The number of rotatable bonds is 7. The number of aryl methyl sites for hydroxylation is 2. The lowest BCUT2D eigenvalue weighted by atomic mass is 9.93. The fraction of sp³-hybridized carbons (Fsp3) is 0.310. The van der Waals surface area contributed by atoms with Crippen LogP contribution in [0.1, 0.15) is 32.1 Å². The number of ether oxygens (including phenoxy) is 1. The van der Waals surface area contributed by atoms with E-state index in [1.165, 1.54) is 37.7 Å². The van der Waals surface area contributed by atoms with Crippen LogP contribution in [0.25, 0.3) is 22.0 Å². The minimum atomic E-state index is -5.62. The van der Waals surface area contributed by atoms with Gasteiger partial charge in [-0.3, -0.25) is 0 Å². The molecule has 2 heterocycles. The maximum absolute atomic E-state index is 15.6. The summed E-state index contributed by atoms with van der Waals surface area (Å²) in [5.74, 6) is -15.6. The van der Waals surface area contributed by atoms with Crippen molar-refractivity contribution in [2.24, 2.45) is 7.05 Å². The van der Waals surface area contributed by atoms with E-state index in [1.807, 2.05) is 35.6 Å². The molecular weight excluding hydrogens is 574 g/mol. The van der Waals surface area contributed by atoms with Crippen molar-refractivity contribution < 1.29 is 48.8 Å². The van der Waals surface area contributed by atoms with Gasteiger partial charge in [0, 0.05) is 50.8 Å². The number of nitrogens with two attached hydrogens (primary N) is 1. The predicted molar refractivity (Wildman–Crippen MR) is 141 cm³/mol. The molecule has 1 aliphatic carbocycles. The van der Waals surface area contributed by atoms with Gasteiger partial charge in [-0.25, -0.2) is 0 Å². The number of nitrogens with zero attached hydrogens (tertiary/aromatic N) is 1. The van der Waals surface area contributed by atoms with Gasteiger partial charge in [0.2, 0.25) is 0 Å². The van der Waals surface area contributed by atoms with Crippen LogP contribution in [0.4, 0.5) is 26.3 Å². The highest BCUT2D eigenvalue weighted by Crippen LogP contribution is 2.66. The molecule has 0 spiro atoms. The fourth-order valence-corrected chi connectivity index (χ4v) is 6.33. The van der Waals surface area contributed by atoms with E-state index in [0.29, 0.717) is 29.2 Å². The highest BCUT2D eigenvalue weighted by Gasteiger charge is 2.80. The molecule has 0 unspecified atom stereocenters. The van der Waals surface area contributed by atoms with Crippen LogP contribution in [-0.2, 0) is 20.1 Å². The van der Waals surface area contributed by atoms with Crippen molar-refractivity contribution in [1.82, 2.24) is 4.57 Å². The molecule has 11 heteroatoms. The summed E-state index contributed by atoms with van der Waals surface area (Å²) in [7, 11) is 2.95. The summed E-state index contributed by atoms with van der Waals surface area (Å²) in [6, 6.07) is 15.5. The maximum atomic E-state index is 15.6. The van der Waals surface area contributed by atoms with Crippen molar-refractivity contribution in [2.45, 2.75) is 44.7 Å². The number of benzene rings is 2. The Morgan fingerprint density at radius 3 is 2.17 bits per heavy atom. The lowest BCUT2D eigenvalue weighted by Crippen LogP contribution is -3.00. The van der Waals surface area contributed by atoms with Crippen molar-refractivity contribution in [2.75, 3.05) is 7.11 Å². The summed E-state index contributed by atoms with van der Waals surface area (Å²) in [6.45, 7) is 3.95. The summed E-state index contributed by atoms with van der Waals surface area (Å²) >= 11 is 1.14. The minimum absolute atomic E-state index is 0. The normalized spacial score (nSPS) is 17.4. The summed E-state index contributed by atoms with van der Waals surface area (Å²) < 4.78 is 99.0. The van der Waals surface area contributed by atoms with E-state index in [0.717, 1.165) is 16.9 Å². The van der Waals surface area contributed by atoms with Crippen LogP contribution in [0.15, 0.2) is 54.6 Å². The molecule has 0 aliphatic heterocycles. The second kappa shape index (κ2) is 10.5. The lowest BCUT2D eigenvalue weighted by molar-refractivity contribution is -0.685. The van der Waals surface area contributed by atoms with Crippen LogP contribution in [-0.4, -0.2) is 29.4 Å². The van der Waals surface area contributed by atoms with Crippen LogP contribution in [0.2, 0.25) is 0 Å². The zero-order valence-electron chi connectivity index (χ0n) is 22.1. The molecule has 0 atom stereocenters. The Balaban J connectivity index is 0.00000370. The molecule has 40 heavy (non-hydrogen) atoms. The molecule has 4 aromatic rings. The van der Waals surface area contributed by atoms with Crippen molar-refractivity contribution >= 4 is 33.4 Å². The van der Waals surface area contributed by atoms with Gasteiger partial charge in [-0.15, -0.1) is 11.3 Å². The Hall–Kier alpha value is -2.95. The SMILES string of the molecule is COc1ccc2c(c1)c(C1=C(c3cc(C[NH2+]Cc4ccccc4)sc3C)C(F)(F)C(F)(F)C1(F)F)c(C)n2C.[Cl-]. The molecule has 0 radical (unpaired) electrons. The number of halogens is 7. The van der Waals surface area contributed by atoms with E-state index in [4.69, 9.17) is 4.74 Å². The Morgan fingerprint density at radius 1 is 0.875 bits per heavy atom. The number of fused-ring (bicyclic) bond motifs is 1. The van der Waals surface area contributed by atoms with Crippen molar-refractivity contribution in [1.29, 1.82) is 0 Å². The van der Waals surface area contributed by atoms with Crippen molar-refractivity contribution in [3.8, 4) is 5.75 Å². The summed E-state index contributed by atoms with van der Waals surface area (Å²) in [4.78, 5) is 0.894. The van der Waals surface area contributed by atoms with Crippen LogP contribution < -0.4 is 22.5 Å². The molecule has 0 saturated carbocycles. The summed E-state index contributed by atoms with van der Waals surface area (Å²) in [5, 5.41) is 2.08. The molecule has 214 valence electrons. The molecule has 2 N–H and O–H groups in total. The minimum Gasteiger partial charge on any atom is -1.00 e. The highest BCUT2D eigenvalue weighted by atomic mass is 35.5. The number of quaternary nitrogens is 1. The second-order valence-electron chi connectivity index (χ2n) is 9.74. The van der Waals surface area contributed by atoms with Gasteiger partial charge in [-0.2, -0.15) is 26.3 Å². The summed E-state index contributed by atoms with van der Waals surface area (Å²) in [5.41, 5.74) is -1.61. The molecule has 1 aliphatic rings. The number of hydrogen-bond donors (Lipinski definition) is 1. The molecule has 0 bridgehead atoms.